The summed E-state index contributed by atoms with van der Waals surface area (Å²) in [6, 6.07) is 9.68. The fourth-order valence-corrected chi connectivity index (χ4v) is 2.02. The van der Waals surface area contributed by atoms with Crippen LogP contribution in [-0.2, 0) is 0 Å². The van der Waals surface area contributed by atoms with Crippen molar-refractivity contribution in [3.05, 3.63) is 64.2 Å². The number of aromatic nitrogens is 2. The van der Waals surface area contributed by atoms with Crippen LogP contribution in [0.1, 0.15) is 10.4 Å². The first kappa shape index (κ1) is 13.0. The van der Waals surface area contributed by atoms with Gasteiger partial charge in [-0.3, -0.25) is 4.79 Å². The molecule has 1 aromatic heterocycles. The van der Waals surface area contributed by atoms with Crippen molar-refractivity contribution in [3.8, 4) is 11.4 Å². The van der Waals surface area contributed by atoms with E-state index in [0.29, 0.717) is 16.9 Å². The number of benzene rings is 2. The summed E-state index contributed by atoms with van der Waals surface area (Å²) in [6.07, 6.45) is 0. The predicted octanol–water partition coefficient (Wildman–Crippen LogP) is 2.43. The second-order valence-corrected chi connectivity index (χ2v) is 4.46. The van der Waals surface area contributed by atoms with Crippen LogP contribution in [0, 0.1) is 5.82 Å². The number of hydrogen-bond donors (Lipinski definition) is 2. The minimum atomic E-state index is -1.11. The molecule has 3 aromatic rings. The molecule has 104 valence electrons. The molecule has 0 aliphatic heterocycles. The number of H-pyrrole nitrogens is 1. The van der Waals surface area contributed by atoms with Gasteiger partial charge in [0.1, 0.15) is 11.6 Å². The highest BCUT2D eigenvalue weighted by Crippen LogP contribution is 2.17. The summed E-state index contributed by atoms with van der Waals surface area (Å²) in [4.78, 5) is 29.8. The lowest BCUT2D eigenvalue weighted by molar-refractivity contribution is 0.0697. The number of carbonyl (C=O) groups is 1. The lowest BCUT2D eigenvalue weighted by Crippen LogP contribution is -2.10. The summed E-state index contributed by atoms with van der Waals surface area (Å²) < 4.78 is 12.9. The number of halogens is 1. The Kier molecular flexibility index (Phi) is 2.98. The molecule has 0 amide bonds. The number of hydrogen-bond acceptors (Lipinski definition) is 3. The molecule has 21 heavy (non-hydrogen) atoms. The number of nitrogens with zero attached hydrogens (tertiary/aromatic N) is 1. The SMILES string of the molecule is O=C(O)c1ccc2nc(-c3ccc(F)cc3)[nH]c(=O)c2c1. The fraction of sp³-hybridized carbons (Fsp3) is 0. The maximum absolute atomic E-state index is 12.9. The molecular formula is C15H9FN2O3. The Morgan fingerprint density at radius 1 is 1.14 bits per heavy atom. The van der Waals surface area contributed by atoms with Gasteiger partial charge in [0.2, 0.25) is 0 Å². The molecule has 2 N–H and O–H groups in total. The molecule has 1 heterocycles. The Balaban J connectivity index is 2.20. The third-order valence-electron chi connectivity index (χ3n) is 3.07. The molecule has 5 nitrogen and oxygen atoms in total. The highest BCUT2D eigenvalue weighted by Gasteiger charge is 2.09. The number of carboxylic acids is 1. The van der Waals surface area contributed by atoms with Crippen molar-refractivity contribution in [2.24, 2.45) is 0 Å². The zero-order chi connectivity index (χ0) is 15.0. The summed E-state index contributed by atoms with van der Waals surface area (Å²) in [7, 11) is 0. The molecule has 0 fully saturated rings. The van der Waals surface area contributed by atoms with Gasteiger partial charge in [0, 0.05) is 5.56 Å². The van der Waals surface area contributed by atoms with Gasteiger partial charge in [-0.1, -0.05) is 0 Å². The van der Waals surface area contributed by atoms with Gasteiger partial charge in [0.25, 0.3) is 5.56 Å². The second kappa shape index (κ2) is 4.82. The topological polar surface area (TPSA) is 83.0 Å². The first-order valence-corrected chi connectivity index (χ1v) is 6.08. The standard InChI is InChI=1S/C15H9FN2O3/c16-10-4-1-8(2-5-10)13-17-12-6-3-9(15(20)21)7-11(12)14(19)18-13/h1-7H,(H,20,21)(H,17,18,19). The second-order valence-electron chi connectivity index (χ2n) is 4.46. The number of nitrogens with one attached hydrogen (secondary N) is 1. The predicted molar refractivity (Wildman–Crippen MR) is 74.7 cm³/mol. The molecule has 2 aromatic carbocycles. The van der Waals surface area contributed by atoms with Gasteiger partial charge in [0.05, 0.1) is 16.5 Å². The quantitative estimate of drug-likeness (QED) is 0.757. The number of aromatic carboxylic acids is 1. The summed E-state index contributed by atoms with van der Waals surface area (Å²) in [5.74, 6) is -1.19. The molecule has 0 saturated carbocycles. The highest BCUT2D eigenvalue weighted by atomic mass is 19.1. The molecule has 3 rings (SSSR count). The van der Waals surface area contributed by atoms with Crippen LogP contribution in [-0.4, -0.2) is 21.0 Å². The fourth-order valence-electron chi connectivity index (χ4n) is 2.02. The van der Waals surface area contributed by atoms with Crippen molar-refractivity contribution in [2.75, 3.05) is 0 Å². The van der Waals surface area contributed by atoms with Crippen LogP contribution in [0.4, 0.5) is 4.39 Å². The molecule has 0 aliphatic carbocycles. The van der Waals surface area contributed by atoms with Gasteiger partial charge >= 0.3 is 5.97 Å². The molecule has 0 aliphatic rings. The van der Waals surface area contributed by atoms with Gasteiger partial charge in [-0.25, -0.2) is 14.2 Å². The lowest BCUT2D eigenvalue weighted by atomic mass is 10.1. The van der Waals surface area contributed by atoms with Crippen molar-refractivity contribution in [2.45, 2.75) is 0 Å². The first-order valence-electron chi connectivity index (χ1n) is 6.08. The van der Waals surface area contributed by atoms with Gasteiger partial charge in [-0.05, 0) is 42.5 Å². The molecule has 0 bridgehead atoms. The Bertz CT molecular complexity index is 901. The summed E-state index contributed by atoms with van der Waals surface area (Å²) in [5.41, 5.74) is 0.521. The lowest BCUT2D eigenvalue weighted by Gasteiger charge is -2.04. The van der Waals surface area contributed by atoms with Crippen LogP contribution in [0.25, 0.3) is 22.3 Å². The number of aromatic amines is 1. The minimum absolute atomic E-state index is 0.0179. The van der Waals surface area contributed by atoms with Crippen molar-refractivity contribution in [3.63, 3.8) is 0 Å². The van der Waals surface area contributed by atoms with Crippen LogP contribution in [0.3, 0.4) is 0 Å². The van der Waals surface area contributed by atoms with Crippen LogP contribution < -0.4 is 5.56 Å². The van der Waals surface area contributed by atoms with Crippen LogP contribution in [0.15, 0.2) is 47.3 Å². The van der Waals surface area contributed by atoms with E-state index in [1.807, 2.05) is 0 Å². The molecule has 0 atom stereocenters. The minimum Gasteiger partial charge on any atom is -0.478 e. The van der Waals surface area contributed by atoms with Gasteiger partial charge in [-0.2, -0.15) is 0 Å². The van der Waals surface area contributed by atoms with E-state index in [1.165, 1.54) is 42.5 Å². The Labute approximate surface area is 117 Å². The molecule has 6 heteroatoms. The van der Waals surface area contributed by atoms with E-state index < -0.39 is 11.5 Å². The zero-order valence-corrected chi connectivity index (χ0v) is 10.6. The van der Waals surface area contributed by atoms with Crippen LogP contribution >= 0.6 is 0 Å². The third kappa shape index (κ3) is 2.38. The molecule has 0 spiro atoms. The Morgan fingerprint density at radius 2 is 1.86 bits per heavy atom. The smallest absolute Gasteiger partial charge is 0.335 e. The maximum atomic E-state index is 12.9. The normalized spacial score (nSPS) is 10.7. The van der Waals surface area contributed by atoms with E-state index in [0.717, 1.165) is 0 Å². The van der Waals surface area contributed by atoms with Crippen molar-refractivity contribution >= 4 is 16.9 Å². The number of fused-ring (bicyclic) bond motifs is 1. The van der Waals surface area contributed by atoms with E-state index in [2.05, 4.69) is 9.97 Å². The molecule has 0 radical (unpaired) electrons. The van der Waals surface area contributed by atoms with E-state index in [9.17, 15) is 14.0 Å². The van der Waals surface area contributed by atoms with Crippen LogP contribution in [0.5, 0.6) is 0 Å². The molecule has 0 saturated heterocycles. The van der Waals surface area contributed by atoms with E-state index in [-0.39, 0.29) is 16.8 Å². The molecule has 0 unspecified atom stereocenters. The van der Waals surface area contributed by atoms with Crippen LogP contribution in [0.2, 0.25) is 0 Å². The van der Waals surface area contributed by atoms with E-state index >= 15 is 0 Å². The van der Waals surface area contributed by atoms with Gasteiger partial charge < -0.3 is 10.1 Å². The average molecular weight is 284 g/mol. The number of rotatable bonds is 2. The molecular weight excluding hydrogens is 275 g/mol. The van der Waals surface area contributed by atoms with E-state index in [1.54, 1.807) is 0 Å². The van der Waals surface area contributed by atoms with Crippen molar-refractivity contribution in [1.82, 2.24) is 9.97 Å². The monoisotopic (exact) mass is 284 g/mol. The number of carboxylic acid groups (broad SMARTS) is 1. The first-order chi connectivity index (χ1) is 10.0. The summed E-state index contributed by atoms with van der Waals surface area (Å²) in [6.45, 7) is 0. The van der Waals surface area contributed by atoms with E-state index in [4.69, 9.17) is 5.11 Å². The zero-order valence-electron chi connectivity index (χ0n) is 10.6. The van der Waals surface area contributed by atoms with Gasteiger partial charge in [0.15, 0.2) is 0 Å². The summed E-state index contributed by atoms with van der Waals surface area (Å²) >= 11 is 0. The van der Waals surface area contributed by atoms with Gasteiger partial charge in [-0.15, -0.1) is 0 Å². The highest BCUT2D eigenvalue weighted by molar-refractivity contribution is 5.93. The summed E-state index contributed by atoms with van der Waals surface area (Å²) in [5, 5.41) is 9.12. The Morgan fingerprint density at radius 3 is 2.52 bits per heavy atom. The maximum Gasteiger partial charge on any atom is 0.335 e. The average Bonchev–Trinajstić information content (AvgIpc) is 2.47. The largest absolute Gasteiger partial charge is 0.478 e. The third-order valence-corrected chi connectivity index (χ3v) is 3.07. The Hall–Kier alpha value is -3.02. The van der Waals surface area contributed by atoms with Crippen molar-refractivity contribution < 1.29 is 14.3 Å². The van der Waals surface area contributed by atoms with Crippen molar-refractivity contribution in [1.29, 1.82) is 0 Å².